The van der Waals surface area contributed by atoms with Crippen LogP contribution in [0.3, 0.4) is 0 Å². The van der Waals surface area contributed by atoms with Crippen LogP contribution in [0.25, 0.3) is 21.5 Å². The van der Waals surface area contributed by atoms with Crippen molar-refractivity contribution >= 4 is 39.0 Å². The van der Waals surface area contributed by atoms with Gasteiger partial charge >= 0.3 is 0 Å². The quantitative estimate of drug-likeness (QED) is 0.154. The zero-order chi connectivity index (χ0) is 33.5. The predicted molar refractivity (Wildman–Crippen MR) is 196 cm³/mol. The van der Waals surface area contributed by atoms with E-state index in [1.54, 1.807) is 18.1 Å². The SMILES string of the molecule is CN[C@H](Cc1ccc2ccccc2c1)C(=O)N(C)[C@](C)(Cc1ccccc1)C(=O)N(CCc1ccccn1)c1ccc2ccccc2c1. The molecule has 1 heterocycles. The number of fused-ring (bicyclic) bond motifs is 2. The van der Waals surface area contributed by atoms with Crippen LogP contribution in [0.2, 0.25) is 0 Å². The molecule has 0 spiro atoms. The molecular weight excluding hydrogens is 592 g/mol. The van der Waals surface area contributed by atoms with Crippen molar-refractivity contribution in [2.45, 2.75) is 37.8 Å². The van der Waals surface area contributed by atoms with Crippen LogP contribution >= 0.6 is 0 Å². The molecule has 0 radical (unpaired) electrons. The fourth-order valence-electron chi connectivity index (χ4n) is 6.48. The maximum absolute atomic E-state index is 15.2. The third-order valence-corrected chi connectivity index (χ3v) is 9.43. The van der Waals surface area contributed by atoms with Gasteiger partial charge in [0.15, 0.2) is 0 Å². The van der Waals surface area contributed by atoms with Gasteiger partial charge in [0.2, 0.25) is 5.91 Å². The third kappa shape index (κ3) is 7.14. The number of benzene rings is 5. The van der Waals surface area contributed by atoms with E-state index < -0.39 is 11.6 Å². The summed E-state index contributed by atoms with van der Waals surface area (Å²) in [4.78, 5) is 37.7. The summed E-state index contributed by atoms with van der Waals surface area (Å²) in [5.74, 6) is -0.283. The van der Waals surface area contributed by atoms with Crippen LogP contribution in [0.5, 0.6) is 0 Å². The van der Waals surface area contributed by atoms with Gasteiger partial charge in [0.1, 0.15) is 5.54 Å². The first-order chi connectivity index (χ1) is 23.4. The van der Waals surface area contributed by atoms with Crippen molar-refractivity contribution in [1.82, 2.24) is 15.2 Å². The minimum absolute atomic E-state index is 0.138. The van der Waals surface area contributed by atoms with Gasteiger partial charge in [0, 0.05) is 44.0 Å². The fraction of sp³-hybridized carbons (Fsp3) is 0.214. The summed E-state index contributed by atoms with van der Waals surface area (Å²) in [6.45, 7) is 2.31. The van der Waals surface area contributed by atoms with Crippen LogP contribution in [-0.4, -0.2) is 53.9 Å². The number of rotatable bonds is 12. The Hall–Kier alpha value is -5.33. The molecule has 5 aromatic carbocycles. The Kier molecular flexibility index (Phi) is 9.93. The van der Waals surface area contributed by atoms with Crippen molar-refractivity contribution in [3.05, 3.63) is 156 Å². The van der Waals surface area contributed by atoms with Gasteiger partial charge in [-0.05, 0) is 77.3 Å². The first-order valence-electron chi connectivity index (χ1n) is 16.5. The maximum Gasteiger partial charge on any atom is 0.253 e. The van der Waals surface area contributed by atoms with E-state index in [4.69, 9.17) is 0 Å². The number of hydrogen-bond acceptors (Lipinski definition) is 4. The highest BCUT2D eigenvalue weighted by Crippen LogP contribution is 2.30. The van der Waals surface area contributed by atoms with E-state index in [-0.39, 0.29) is 11.8 Å². The van der Waals surface area contributed by atoms with E-state index in [9.17, 15) is 4.79 Å². The fourth-order valence-corrected chi connectivity index (χ4v) is 6.48. The van der Waals surface area contributed by atoms with Gasteiger partial charge in [-0.3, -0.25) is 14.6 Å². The molecule has 0 unspecified atom stereocenters. The highest BCUT2D eigenvalue weighted by molar-refractivity contribution is 6.04. The summed E-state index contributed by atoms with van der Waals surface area (Å²) in [7, 11) is 3.58. The number of carbonyl (C=O) groups is 2. The largest absolute Gasteiger partial charge is 0.330 e. The monoisotopic (exact) mass is 634 g/mol. The molecule has 1 aromatic heterocycles. The molecule has 242 valence electrons. The molecule has 6 aromatic rings. The summed E-state index contributed by atoms with van der Waals surface area (Å²) in [6, 6.07) is 44.0. The molecule has 6 nitrogen and oxygen atoms in total. The molecule has 0 fully saturated rings. The molecule has 6 heteroatoms. The highest BCUT2D eigenvalue weighted by atomic mass is 16.2. The van der Waals surface area contributed by atoms with Crippen LogP contribution in [0.1, 0.15) is 23.7 Å². The van der Waals surface area contributed by atoms with Crippen LogP contribution in [0.15, 0.2) is 140 Å². The number of anilines is 1. The molecule has 0 saturated carbocycles. The standard InChI is InChI=1S/C42H42N4O2/c1-42(30-31-13-5-4-6-14-31,45(3)40(47)39(43-2)28-32-20-21-33-15-7-9-17-35(33)27-32)41(48)46(26-24-37-19-11-12-25-44-37)38-23-22-34-16-8-10-18-36(34)29-38/h4-23,25,27,29,39,43H,24,26,28,30H2,1-3H3/t39-,42-/m1/s1. The Bertz CT molecular complexity index is 2010. The Morgan fingerprint density at radius 3 is 2.02 bits per heavy atom. The predicted octanol–water partition coefficient (Wildman–Crippen LogP) is 7.25. The molecule has 48 heavy (non-hydrogen) atoms. The summed E-state index contributed by atoms with van der Waals surface area (Å²) >= 11 is 0. The van der Waals surface area contributed by atoms with Crippen LogP contribution in [0, 0.1) is 0 Å². The van der Waals surface area contributed by atoms with Gasteiger partial charge in [-0.2, -0.15) is 0 Å². The molecule has 0 saturated heterocycles. The summed E-state index contributed by atoms with van der Waals surface area (Å²) in [6.07, 6.45) is 3.19. The van der Waals surface area contributed by atoms with Crippen molar-refractivity contribution in [2.75, 3.05) is 25.5 Å². The number of likely N-dealkylation sites (N-methyl/N-ethyl adjacent to an activating group) is 2. The lowest BCUT2D eigenvalue weighted by Gasteiger charge is -2.42. The average molecular weight is 635 g/mol. The molecule has 2 amide bonds. The van der Waals surface area contributed by atoms with Crippen LogP contribution in [0.4, 0.5) is 5.69 Å². The number of nitrogens with one attached hydrogen (secondary N) is 1. The number of nitrogens with zero attached hydrogens (tertiary/aromatic N) is 3. The Balaban J connectivity index is 1.36. The minimum atomic E-state index is -1.20. The van der Waals surface area contributed by atoms with Gasteiger partial charge in [0.05, 0.1) is 6.04 Å². The number of amides is 2. The molecule has 0 aliphatic rings. The number of carbonyl (C=O) groups excluding carboxylic acids is 2. The topological polar surface area (TPSA) is 65.5 Å². The summed E-state index contributed by atoms with van der Waals surface area (Å²) in [5.41, 5.74) is 2.52. The van der Waals surface area contributed by atoms with E-state index >= 15 is 4.79 Å². The number of pyridine rings is 1. The van der Waals surface area contributed by atoms with E-state index in [0.29, 0.717) is 25.8 Å². The van der Waals surface area contributed by atoms with Gasteiger partial charge in [0.25, 0.3) is 5.91 Å². The van der Waals surface area contributed by atoms with Gasteiger partial charge in [-0.15, -0.1) is 0 Å². The first kappa shape index (κ1) is 32.6. The average Bonchev–Trinajstić information content (AvgIpc) is 3.13. The lowest BCUT2D eigenvalue weighted by atomic mass is 9.88. The zero-order valence-electron chi connectivity index (χ0n) is 27.8. The van der Waals surface area contributed by atoms with Crippen molar-refractivity contribution < 1.29 is 9.59 Å². The Morgan fingerprint density at radius 1 is 0.729 bits per heavy atom. The molecular formula is C42H42N4O2. The Morgan fingerprint density at radius 2 is 1.35 bits per heavy atom. The Labute approximate surface area is 283 Å². The molecule has 2 atom stereocenters. The number of aromatic nitrogens is 1. The van der Waals surface area contributed by atoms with E-state index in [1.165, 1.54) is 0 Å². The third-order valence-electron chi connectivity index (χ3n) is 9.43. The van der Waals surface area contributed by atoms with E-state index in [2.05, 4.69) is 64.9 Å². The lowest BCUT2D eigenvalue weighted by molar-refractivity contribution is -0.145. The zero-order valence-corrected chi connectivity index (χ0v) is 27.8. The summed E-state index contributed by atoms with van der Waals surface area (Å²) < 4.78 is 0. The van der Waals surface area contributed by atoms with Crippen molar-refractivity contribution in [3.63, 3.8) is 0 Å². The second kappa shape index (κ2) is 14.6. The van der Waals surface area contributed by atoms with Crippen molar-refractivity contribution in [1.29, 1.82) is 0 Å². The van der Waals surface area contributed by atoms with Gasteiger partial charge in [-0.25, -0.2) is 0 Å². The lowest BCUT2D eigenvalue weighted by Crippen LogP contribution is -2.63. The second-order valence-electron chi connectivity index (χ2n) is 12.6. The van der Waals surface area contributed by atoms with Gasteiger partial charge < -0.3 is 15.1 Å². The summed E-state index contributed by atoms with van der Waals surface area (Å²) in [5, 5.41) is 7.70. The highest BCUT2D eigenvalue weighted by Gasteiger charge is 2.44. The van der Waals surface area contributed by atoms with Crippen LogP contribution < -0.4 is 10.2 Å². The molecule has 0 bridgehead atoms. The van der Waals surface area contributed by atoms with E-state index in [1.807, 2.05) is 97.7 Å². The van der Waals surface area contributed by atoms with Crippen molar-refractivity contribution in [3.8, 4) is 0 Å². The molecule has 0 aliphatic carbocycles. The smallest absolute Gasteiger partial charge is 0.253 e. The number of hydrogen-bond donors (Lipinski definition) is 1. The second-order valence-corrected chi connectivity index (χ2v) is 12.6. The molecule has 1 N–H and O–H groups in total. The molecule has 0 aliphatic heterocycles. The maximum atomic E-state index is 15.2. The molecule has 6 rings (SSSR count). The minimum Gasteiger partial charge on any atom is -0.330 e. The van der Waals surface area contributed by atoms with Gasteiger partial charge in [-0.1, -0.05) is 109 Å². The normalized spacial score (nSPS) is 13.1. The van der Waals surface area contributed by atoms with Crippen molar-refractivity contribution in [2.24, 2.45) is 0 Å². The van der Waals surface area contributed by atoms with Crippen LogP contribution in [-0.2, 0) is 28.9 Å². The van der Waals surface area contributed by atoms with E-state index in [0.717, 1.165) is 44.1 Å². The first-order valence-corrected chi connectivity index (χ1v) is 16.5.